The number of methoxy groups -OCH3 is 2. The summed E-state index contributed by atoms with van der Waals surface area (Å²) in [6, 6.07) is 7.58. The van der Waals surface area contributed by atoms with E-state index < -0.39 is 5.97 Å². The number of thiazole rings is 1. The molecule has 0 spiro atoms. The van der Waals surface area contributed by atoms with Gasteiger partial charge in [0.15, 0.2) is 5.13 Å². The Kier molecular flexibility index (Phi) is 5.51. The lowest BCUT2D eigenvalue weighted by atomic mass is 10.1. The van der Waals surface area contributed by atoms with Crippen LogP contribution in [0.1, 0.15) is 37.0 Å². The summed E-state index contributed by atoms with van der Waals surface area (Å²) in [5.41, 5.74) is 3.57. The molecule has 0 atom stereocenters. The van der Waals surface area contributed by atoms with Crippen LogP contribution in [0.2, 0.25) is 0 Å². The molecule has 2 heterocycles. The quantitative estimate of drug-likeness (QED) is 0.630. The van der Waals surface area contributed by atoms with Crippen LogP contribution in [0.5, 0.6) is 5.75 Å². The molecule has 146 valence electrons. The SMILES string of the molecule is COC(=O)c1c(C)[nH]c(C(=O)Nc2nc(-c3ccc(OC)cc3)c(C)s2)c1C. The largest absolute Gasteiger partial charge is 0.497 e. The van der Waals surface area contributed by atoms with Gasteiger partial charge in [-0.3, -0.25) is 10.1 Å². The molecule has 0 aliphatic carbocycles. The Morgan fingerprint density at radius 3 is 2.39 bits per heavy atom. The second-order valence-corrected chi connectivity index (χ2v) is 7.43. The monoisotopic (exact) mass is 399 g/mol. The van der Waals surface area contributed by atoms with Gasteiger partial charge < -0.3 is 14.5 Å². The molecule has 2 N–H and O–H groups in total. The van der Waals surface area contributed by atoms with E-state index in [-0.39, 0.29) is 5.91 Å². The number of carbonyl (C=O) groups excluding carboxylic acids is 2. The number of hydrogen-bond acceptors (Lipinski definition) is 6. The van der Waals surface area contributed by atoms with Crippen molar-refractivity contribution >= 4 is 28.3 Å². The molecule has 8 heteroatoms. The number of aromatic amines is 1. The maximum atomic E-state index is 12.7. The first-order valence-corrected chi connectivity index (χ1v) is 9.38. The lowest BCUT2D eigenvalue weighted by molar-refractivity contribution is 0.0599. The normalized spacial score (nSPS) is 10.6. The van der Waals surface area contributed by atoms with E-state index in [1.54, 1.807) is 21.0 Å². The van der Waals surface area contributed by atoms with E-state index in [1.165, 1.54) is 18.4 Å². The summed E-state index contributed by atoms with van der Waals surface area (Å²) >= 11 is 1.39. The van der Waals surface area contributed by atoms with Gasteiger partial charge in [-0.25, -0.2) is 9.78 Å². The van der Waals surface area contributed by atoms with Crippen LogP contribution in [0, 0.1) is 20.8 Å². The number of rotatable bonds is 5. The zero-order valence-corrected chi connectivity index (χ0v) is 17.1. The molecule has 0 aliphatic rings. The average molecular weight is 399 g/mol. The molecule has 3 aromatic rings. The fourth-order valence-electron chi connectivity index (χ4n) is 3.01. The molecule has 0 radical (unpaired) electrons. The molecule has 0 unspecified atom stereocenters. The maximum Gasteiger partial charge on any atom is 0.339 e. The van der Waals surface area contributed by atoms with Gasteiger partial charge >= 0.3 is 5.97 Å². The van der Waals surface area contributed by atoms with E-state index in [2.05, 4.69) is 15.3 Å². The fourth-order valence-corrected chi connectivity index (χ4v) is 3.84. The third kappa shape index (κ3) is 3.63. The Morgan fingerprint density at radius 2 is 1.79 bits per heavy atom. The number of anilines is 1. The number of nitrogens with zero attached hydrogens (tertiary/aromatic N) is 1. The van der Waals surface area contributed by atoms with Gasteiger partial charge in [0.1, 0.15) is 11.4 Å². The van der Waals surface area contributed by atoms with E-state index in [0.29, 0.717) is 27.6 Å². The van der Waals surface area contributed by atoms with Crippen LogP contribution in [-0.2, 0) is 4.74 Å². The van der Waals surface area contributed by atoms with Crippen molar-refractivity contribution < 1.29 is 19.1 Å². The molecule has 0 fully saturated rings. The highest BCUT2D eigenvalue weighted by atomic mass is 32.1. The first-order valence-electron chi connectivity index (χ1n) is 8.56. The molecule has 0 aliphatic heterocycles. The standard InChI is InChI=1S/C20H21N3O4S/c1-10-15(19(25)27-5)11(2)21-16(10)18(24)23-20-22-17(12(3)28-20)13-6-8-14(26-4)9-7-13/h6-9,21H,1-5H3,(H,22,23,24). The maximum absolute atomic E-state index is 12.7. The van der Waals surface area contributed by atoms with Crippen LogP contribution < -0.4 is 10.1 Å². The first kappa shape index (κ1) is 19.6. The second-order valence-electron chi connectivity index (χ2n) is 6.22. The minimum absolute atomic E-state index is 0.316. The lowest BCUT2D eigenvalue weighted by Crippen LogP contribution is -2.14. The smallest absolute Gasteiger partial charge is 0.339 e. The van der Waals surface area contributed by atoms with E-state index >= 15 is 0 Å². The zero-order chi connectivity index (χ0) is 20.4. The lowest BCUT2D eigenvalue weighted by Gasteiger charge is -2.02. The Hall–Kier alpha value is -3.13. The minimum atomic E-state index is -0.475. The number of H-pyrrole nitrogens is 1. The van der Waals surface area contributed by atoms with E-state index in [9.17, 15) is 9.59 Å². The predicted octanol–water partition coefficient (Wildman–Crippen LogP) is 4.11. The summed E-state index contributed by atoms with van der Waals surface area (Å²) in [6.07, 6.45) is 0. The van der Waals surface area contributed by atoms with Gasteiger partial charge in [0.05, 0.1) is 25.5 Å². The van der Waals surface area contributed by atoms with Crippen molar-refractivity contribution in [2.24, 2.45) is 0 Å². The molecule has 1 amide bonds. The molecule has 2 aromatic heterocycles. The number of esters is 1. The van der Waals surface area contributed by atoms with E-state index in [1.807, 2.05) is 31.2 Å². The Labute approximate surface area is 166 Å². The summed E-state index contributed by atoms with van der Waals surface area (Å²) < 4.78 is 9.96. The number of ether oxygens (including phenoxy) is 2. The Bertz CT molecular complexity index is 1030. The molecule has 0 bridgehead atoms. The average Bonchev–Trinajstić information content (AvgIpc) is 3.20. The van der Waals surface area contributed by atoms with Gasteiger partial charge in [-0.05, 0) is 50.6 Å². The van der Waals surface area contributed by atoms with Crippen molar-refractivity contribution in [3.63, 3.8) is 0 Å². The third-order valence-corrected chi connectivity index (χ3v) is 5.32. The van der Waals surface area contributed by atoms with Crippen LogP contribution >= 0.6 is 11.3 Å². The summed E-state index contributed by atoms with van der Waals surface area (Å²) in [4.78, 5) is 33.1. The highest BCUT2D eigenvalue weighted by Crippen LogP contribution is 2.31. The third-order valence-electron chi connectivity index (χ3n) is 4.43. The minimum Gasteiger partial charge on any atom is -0.497 e. The van der Waals surface area contributed by atoms with Crippen molar-refractivity contribution in [1.82, 2.24) is 9.97 Å². The van der Waals surface area contributed by atoms with Gasteiger partial charge in [-0.2, -0.15) is 0 Å². The van der Waals surface area contributed by atoms with Gasteiger partial charge in [-0.1, -0.05) is 0 Å². The van der Waals surface area contributed by atoms with Crippen LogP contribution in [0.15, 0.2) is 24.3 Å². The number of carbonyl (C=O) groups is 2. The number of amides is 1. The van der Waals surface area contributed by atoms with Crippen molar-refractivity contribution in [2.45, 2.75) is 20.8 Å². The summed E-state index contributed by atoms with van der Waals surface area (Å²) in [5.74, 6) is -0.0628. The Balaban J connectivity index is 1.85. The van der Waals surface area contributed by atoms with Gasteiger partial charge in [0.2, 0.25) is 0 Å². The van der Waals surface area contributed by atoms with Gasteiger partial charge in [0, 0.05) is 16.1 Å². The molecule has 1 aromatic carbocycles. The topological polar surface area (TPSA) is 93.3 Å². The zero-order valence-electron chi connectivity index (χ0n) is 16.3. The van der Waals surface area contributed by atoms with Crippen molar-refractivity contribution in [2.75, 3.05) is 19.5 Å². The number of hydrogen-bond donors (Lipinski definition) is 2. The number of benzene rings is 1. The van der Waals surface area contributed by atoms with Crippen LogP contribution in [0.3, 0.4) is 0 Å². The summed E-state index contributed by atoms with van der Waals surface area (Å²) in [5, 5.41) is 3.30. The van der Waals surface area contributed by atoms with Crippen molar-refractivity contribution in [3.8, 4) is 17.0 Å². The predicted molar refractivity (Wildman–Crippen MR) is 108 cm³/mol. The highest BCUT2D eigenvalue weighted by Gasteiger charge is 2.23. The van der Waals surface area contributed by atoms with Crippen LogP contribution in [0.25, 0.3) is 11.3 Å². The molecule has 3 rings (SSSR count). The van der Waals surface area contributed by atoms with Crippen molar-refractivity contribution in [3.05, 3.63) is 51.7 Å². The van der Waals surface area contributed by atoms with Crippen molar-refractivity contribution in [1.29, 1.82) is 0 Å². The molecule has 0 saturated carbocycles. The second kappa shape index (κ2) is 7.85. The van der Waals surface area contributed by atoms with Crippen LogP contribution in [0.4, 0.5) is 5.13 Å². The molecule has 28 heavy (non-hydrogen) atoms. The molecular weight excluding hydrogens is 378 g/mol. The fraction of sp³-hybridized carbons (Fsp3) is 0.250. The highest BCUT2D eigenvalue weighted by molar-refractivity contribution is 7.16. The van der Waals surface area contributed by atoms with Gasteiger partial charge in [-0.15, -0.1) is 11.3 Å². The Morgan fingerprint density at radius 1 is 1.11 bits per heavy atom. The van der Waals surface area contributed by atoms with Crippen LogP contribution in [-0.4, -0.2) is 36.1 Å². The first-order chi connectivity index (χ1) is 13.3. The summed E-state index contributed by atoms with van der Waals surface area (Å²) in [6.45, 7) is 5.39. The van der Waals surface area contributed by atoms with E-state index in [0.717, 1.165) is 21.9 Å². The van der Waals surface area contributed by atoms with E-state index in [4.69, 9.17) is 9.47 Å². The molecular formula is C20H21N3O4S. The number of aryl methyl sites for hydroxylation is 2. The number of aromatic nitrogens is 2. The summed E-state index contributed by atoms with van der Waals surface area (Å²) in [7, 11) is 2.93. The number of nitrogens with one attached hydrogen (secondary N) is 2. The van der Waals surface area contributed by atoms with Gasteiger partial charge in [0.25, 0.3) is 5.91 Å². The molecule has 7 nitrogen and oxygen atoms in total. The molecule has 0 saturated heterocycles.